The largest absolute Gasteiger partial charge is 0.496 e. The molecule has 2 aromatic carbocycles. The summed E-state index contributed by atoms with van der Waals surface area (Å²) < 4.78 is 11.8. The van der Waals surface area contributed by atoms with Crippen LogP contribution in [-0.4, -0.2) is 48.9 Å². The molecule has 0 aromatic heterocycles. The molecule has 1 amide bonds. The second-order valence-corrected chi connectivity index (χ2v) is 8.44. The monoisotopic (exact) mass is 393 g/mol. The lowest BCUT2D eigenvalue weighted by Gasteiger charge is -2.41. The highest BCUT2D eigenvalue weighted by Crippen LogP contribution is 2.43. The fourth-order valence-electron chi connectivity index (χ4n) is 4.97. The molecule has 29 heavy (non-hydrogen) atoms. The van der Waals surface area contributed by atoms with Gasteiger partial charge in [-0.05, 0) is 31.0 Å². The summed E-state index contributed by atoms with van der Waals surface area (Å²) in [6.45, 7) is 3.32. The van der Waals surface area contributed by atoms with Gasteiger partial charge in [0.15, 0.2) is 0 Å². The normalized spacial score (nSPS) is 25.5. The quantitative estimate of drug-likeness (QED) is 0.839. The van der Waals surface area contributed by atoms with Crippen LogP contribution in [0.5, 0.6) is 5.75 Å². The van der Waals surface area contributed by atoms with Crippen molar-refractivity contribution >= 4 is 11.6 Å². The zero-order valence-corrected chi connectivity index (χ0v) is 16.7. The summed E-state index contributed by atoms with van der Waals surface area (Å²) in [5.41, 5.74) is 2.13. The highest BCUT2D eigenvalue weighted by atomic mass is 16.5. The van der Waals surface area contributed by atoms with Crippen LogP contribution in [0.3, 0.4) is 0 Å². The third-order valence-corrected chi connectivity index (χ3v) is 6.50. The van der Waals surface area contributed by atoms with E-state index in [-0.39, 0.29) is 11.5 Å². The van der Waals surface area contributed by atoms with E-state index in [2.05, 4.69) is 27.7 Å². The Hall–Kier alpha value is -2.57. The summed E-state index contributed by atoms with van der Waals surface area (Å²) >= 11 is 0. The molecule has 2 aromatic rings. The number of para-hydroxylation sites is 2. The number of anilines is 1. The first-order valence-electron chi connectivity index (χ1n) is 10.3. The van der Waals surface area contributed by atoms with Gasteiger partial charge in [0.2, 0.25) is 0 Å². The van der Waals surface area contributed by atoms with E-state index in [1.807, 2.05) is 36.4 Å². The summed E-state index contributed by atoms with van der Waals surface area (Å²) in [7, 11) is 1.72. The number of ether oxygens (including phenoxy) is 2. The molecule has 1 atom stereocenters. The van der Waals surface area contributed by atoms with Crippen molar-refractivity contribution in [1.82, 2.24) is 10.2 Å². The maximum atomic E-state index is 12.6. The van der Waals surface area contributed by atoms with Crippen LogP contribution in [0.4, 0.5) is 5.69 Å². The Morgan fingerprint density at radius 3 is 2.66 bits per heavy atom. The molecule has 0 unspecified atom stereocenters. The van der Waals surface area contributed by atoms with Gasteiger partial charge < -0.3 is 20.1 Å². The molecular formula is C23H27N3O3. The minimum atomic E-state index is -0.504. The van der Waals surface area contributed by atoms with E-state index in [1.165, 1.54) is 5.56 Å². The van der Waals surface area contributed by atoms with Gasteiger partial charge in [-0.25, -0.2) is 0 Å². The lowest BCUT2D eigenvalue weighted by atomic mass is 9.84. The van der Waals surface area contributed by atoms with Crippen LogP contribution in [0.1, 0.15) is 35.2 Å². The molecule has 3 aliphatic rings. The van der Waals surface area contributed by atoms with Crippen LogP contribution < -0.4 is 15.4 Å². The fourth-order valence-corrected chi connectivity index (χ4v) is 4.97. The van der Waals surface area contributed by atoms with Gasteiger partial charge in [0.25, 0.3) is 5.91 Å². The number of amides is 1. The number of nitrogens with zero attached hydrogens (tertiary/aromatic N) is 1. The van der Waals surface area contributed by atoms with Crippen LogP contribution in [0.2, 0.25) is 0 Å². The Morgan fingerprint density at radius 2 is 1.83 bits per heavy atom. The maximum Gasteiger partial charge on any atom is 0.255 e. The highest BCUT2D eigenvalue weighted by molar-refractivity contribution is 6.02. The van der Waals surface area contributed by atoms with Crippen molar-refractivity contribution in [2.75, 3.05) is 32.1 Å². The zero-order chi connectivity index (χ0) is 19.9. The van der Waals surface area contributed by atoms with E-state index in [4.69, 9.17) is 9.47 Å². The molecule has 0 radical (unpaired) electrons. The average Bonchev–Trinajstić information content (AvgIpc) is 3.07. The van der Waals surface area contributed by atoms with E-state index >= 15 is 0 Å². The van der Waals surface area contributed by atoms with Gasteiger partial charge in [-0.2, -0.15) is 0 Å². The van der Waals surface area contributed by atoms with Crippen molar-refractivity contribution in [3.05, 3.63) is 59.7 Å². The first-order chi connectivity index (χ1) is 14.1. The molecule has 3 aliphatic heterocycles. The molecule has 0 saturated carbocycles. The number of fused-ring (bicyclic) bond motifs is 1. The minimum absolute atomic E-state index is 0.0198. The number of carbonyl (C=O) groups is 1. The van der Waals surface area contributed by atoms with Gasteiger partial charge in [-0.3, -0.25) is 9.69 Å². The molecule has 6 nitrogen and oxygen atoms in total. The lowest BCUT2D eigenvalue weighted by molar-refractivity contribution is -0.0453. The van der Waals surface area contributed by atoms with Gasteiger partial charge in [0.05, 0.1) is 24.9 Å². The van der Waals surface area contributed by atoms with E-state index < -0.39 is 5.66 Å². The fraction of sp³-hybridized carbons (Fsp3) is 0.435. The summed E-state index contributed by atoms with van der Waals surface area (Å²) in [6, 6.07) is 15.9. The predicted molar refractivity (Wildman–Crippen MR) is 111 cm³/mol. The standard InChI is InChI=1S/C23H27N3O3/c1-28-20-9-5-2-6-17(20)14-26-12-10-22(11-13-26)15-23(16-29-22)24-19-8-4-3-7-18(19)21(27)25-23/h2-9,24H,10-16H2,1H3,(H,25,27)/t23-/m0/s1. The zero-order valence-electron chi connectivity index (χ0n) is 16.7. The van der Waals surface area contributed by atoms with Crippen molar-refractivity contribution in [3.63, 3.8) is 0 Å². The predicted octanol–water partition coefficient (Wildman–Crippen LogP) is 3.00. The molecule has 6 heteroatoms. The van der Waals surface area contributed by atoms with Gasteiger partial charge in [0, 0.05) is 37.3 Å². The number of piperidine rings is 1. The molecule has 3 heterocycles. The van der Waals surface area contributed by atoms with Gasteiger partial charge in [0.1, 0.15) is 11.4 Å². The number of rotatable bonds is 3. The maximum absolute atomic E-state index is 12.6. The van der Waals surface area contributed by atoms with E-state index in [0.29, 0.717) is 12.2 Å². The van der Waals surface area contributed by atoms with E-state index in [1.54, 1.807) is 7.11 Å². The van der Waals surface area contributed by atoms with Crippen molar-refractivity contribution < 1.29 is 14.3 Å². The second kappa shape index (κ2) is 7.04. The minimum Gasteiger partial charge on any atom is -0.496 e. The number of benzene rings is 2. The topological polar surface area (TPSA) is 62.8 Å². The molecule has 152 valence electrons. The number of carbonyl (C=O) groups excluding carboxylic acids is 1. The van der Waals surface area contributed by atoms with Crippen molar-refractivity contribution in [2.45, 2.75) is 37.1 Å². The lowest BCUT2D eigenvalue weighted by Crippen LogP contribution is -2.59. The van der Waals surface area contributed by atoms with Crippen LogP contribution in [0.15, 0.2) is 48.5 Å². The van der Waals surface area contributed by atoms with Gasteiger partial charge in [-0.1, -0.05) is 30.3 Å². The summed E-state index contributed by atoms with van der Waals surface area (Å²) in [5, 5.41) is 6.73. The Labute approximate surface area is 171 Å². The molecule has 0 bridgehead atoms. The molecule has 5 rings (SSSR count). The number of hydrogen-bond acceptors (Lipinski definition) is 5. The summed E-state index contributed by atoms with van der Waals surface area (Å²) in [4.78, 5) is 15.1. The van der Waals surface area contributed by atoms with E-state index in [0.717, 1.165) is 50.3 Å². The molecular weight excluding hydrogens is 366 g/mol. The smallest absolute Gasteiger partial charge is 0.255 e. The van der Waals surface area contributed by atoms with Crippen LogP contribution >= 0.6 is 0 Å². The Balaban J connectivity index is 1.25. The molecule has 2 spiro atoms. The van der Waals surface area contributed by atoms with Crippen molar-refractivity contribution in [1.29, 1.82) is 0 Å². The number of methoxy groups -OCH3 is 1. The van der Waals surface area contributed by atoms with Crippen LogP contribution in [0, 0.1) is 0 Å². The van der Waals surface area contributed by atoms with Crippen LogP contribution in [0.25, 0.3) is 0 Å². The molecule has 2 saturated heterocycles. The Bertz CT molecular complexity index is 923. The third-order valence-electron chi connectivity index (χ3n) is 6.50. The summed E-state index contributed by atoms with van der Waals surface area (Å²) in [5.74, 6) is 0.922. The number of likely N-dealkylation sites (tertiary alicyclic amines) is 1. The summed E-state index contributed by atoms with van der Waals surface area (Å²) in [6.07, 6.45) is 2.72. The second-order valence-electron chi connectivity index (χ2n) is 8.44. The highest BCUT2D eigenvalue weighted by Gasteiger charge is 2.53. The first kappa shape index (κ1) is 18.5. The SMILES string of the molecule is COc1ccccc1CN1CCC2(CC1)C[C@@]1(CO2)NC(=O)c2ccccc2N1. The van der Waals surface area contributed by atoms with E-state index in [9.17, 15) is 4.79 Å². The molecule has 0 aliphatic carbocycles. The van der Waals surface area contributed by atoms with Crippen molar-refractivity contribution in [3.8, 4) is 5.75 Å². The number of hydrogen-bond donors (Lipinski definition) is 2. The molecule has 2 fully saturated rings. The van der Waals surface area contributed by atoms with Gasteiger partial charge >= 0.3 is 0 Å². The first-order valence-corrected chi connectivity index (χ1v) is 10.3. The van der Waals surface area contributed by atoms with Crippen LogP contribution in [-0.2, 0) is 11.3 Å². The van der Waals surface area contributed by atoms with Gasteiger partial charge in [-0.15, -0.1) is 0 Å². The number of nitrogens with one attached hydrogen (secondary N) is 2. The Morgan fingerprint density at radius 1 is 1.07 bits per heavy atom. The third kappa shape index (κ3) is 3.36. The average molecular weight is 393 g/mol. The Kier molecular flexibility index (Phi) is 4.48. The molecule has 2 N–H and O–H groups in total. The van der Waals surface area contributed by atoms with Crippen molar-refractivity contribution in [2.24, 2.45) is 0 Å².